The van der Waals surface area contributed by atoms with E-state index in [0.717, 1.165) is 11.1 Å². The Morgan fingerprint density at radius 1 is 1.10 bits per heavy atom. The molecule has 0 saturated heterocycles. The first kappa shape index (κ1) is 21.0. The summed E-state index contributed by atoms with van der Waals surface area (Å²) in [6, 6.07) is 17.4. The summed E-state index contributed by atoms with van der Waals surface area (Å²) in [5.41, 5.74) is 2.69. The lowest BCUT2D eigenvalue weighted by atomic mass is 10.1. The third-order valence-electron chi connectivity index (χ3n) is 4.32. The predicted molar refractivity (Wildman–Crippen MR) is 113 cm³/mol. The van der Waals surface area contributed by atoms with E-state index in [1.165, 1.54) is 4.31 Å². The molecule has 2 aromatic carbocycles. The first-order valence-corrected chi connectivity index (χ1v) is 10.3. The van der Waals surface area contributed by atoms with E-state index in [1.807, 2.05) is 24.3 Å². The zero-order valence-corrected chi connectivity index (χ0v) is 17.0. The Balaban J connectivity index is 1.63. The van der Waals surface area contributed by atoms with Gasteiger partial charge in [-0.25, -0.2) is 0 Å². The number of nitrogens with zero attached hydrogens (tertiary/aromatic N) is 2. The van der Waals surface area contributed by atoms with Crippen molar-refractivity contribution in [2.75, 3.05) is 10.8 Å². The van der Waals surface area contributed by atoms with Crippen molar-refractivity contribution in [3.63, 3.8) is 0 Å². The Labute approximate surface area is 177 Å². The summed E-state index contributed by atoms with van der Waals surface area (Å²) in [5, 5.41) is 3.41. The lowest BCUT2D eigenvalue weighted by molar-refractivity contribution is 0.0951. The van der Waals surface area contributed by atoms with Gasteiger partial charge in [0.2, 0.25) is 0 Å². The van der Waals surface area contributed by atoms with Crippen LogP contribution in [-0.2, 0) is 24.2 Å². The van der Waals surface area contributed by atoms with Gasteiger partial charge >= 0.3 is 0 Å². The third kappa shape index (κ3) is 5.87. The van der Waals surface area contributed by atoms with Gasteiger partial charge in [-0.15, -0.1) is 0 Å². The molecule has 1 atom stereocenters. The number of halogens is 1. The maximum absolute atomic E-state index is 12.3. The smallest absolute Gasteiger partial charge is 0.251 e. The number of aromatic nitrogens is 1. The van der Waals surface area contributed by atoms with Crippen LogP contribution in [-0.4, -0.2) is 26.2 Å². The highest BCUT2D eigenvalue weighted by Gasteiger charge is 2.11. The second kappa shape index (κ2) is 10.2. The molecule has 0 radical (unpaired) electrons. The van der Waals surface area contributed by atoms with Crippen LogP contribution < -0.4 is 9.62 Å². The van der Waals surface area contributed by atoms with E-state index in [1.54, 1.807) is 48.8 Å². The summed E-state index contributed by atoms with van der Waals surface area (Å²) in [5.74, 6) is -0.244. The molecule has 1 amide bonds. The minimum Gasteiger partial charge on any atom is -0.755 e. The van der Waals surface area contributed by atoms with Crippen LogP contribution in [0.15, 0.2) is 73.1 Å². The van der Waals surface area contributed by atoms with Gasteiger partial charge in [0, 0.05) is 53.0 Å². The summed E-state index contributed by atoms with van der Waals surface area (Å²) in [4.78, 5) is 16.3. The van der Waals surface area contributed by atoms with E-state index in [9.17, 15) is 13.6 Å². The van der Waals surface area contributed by atoms with Gasteiger partial charge in [0.05, 0.1) is 0 Å². The predicted octanol–water partition coefficient (Wildman–Crippen LogP) is 3.51. The van der Waals surface area contributed by atoms with Crippen LogP contribution in [0.5, 0.6) is 0 Å². The van der Waals surface area contributed by atoms with Gasteiger partial charge in [-0.2, -0.15) is 0 Å². The Hall–Kier alpha value is -2.74. The molecule has 0 spiro atoms. The van der Waals surface area contributed by atoms with Gasteiger partial charge < -0.3 is 14.2 Å². The highest BCUT2D eigenvalue weighted by molar-refractivity contribution is 7.80. The topological polar surface area (TPSA) is 85.4 Å². The molecule has 1 N–H and O–H groups in total. The summed E-state index contributed by atoms with van der Waals surface area (Å²) in [7, 11) is 0. The lowest BCUT2D eigenvalue weighted by Gasteiger charge is -2.26. The molecule has 3 aromatic rings. The number of hydrogen-bond donors (Lipinski definition) is 1. The second-order valence-corrected chi connectivity index (χ2v) is 7.53. The third-order valence-corrected chi connectivity index (χ3v) is 5.44. The van der Waals surface area contributed by atoms with Gasteiger partial charge in [-0.05, 0) is 53.9 Å². The lowest BCUT2D eigenvalue weighted by Crippen LogP contribution is -2.28. The van der Waals surface area contributed by atoms with Crippen LogP contribution in [0, 0.1) is 0 Å². The number of carbonyl (C=O) groups is 1. The standard InChI is InChI=1S/C21H20ClN3O3S/c22-20-6-2-1-5-17(20)11-13-25(29(27)28)19-9-7-18(8-10-19)21(26)24-15-16-4-3-12-23-14-16/h1-10,12,14H,11,13,15H2,(H,24,26)(H,27,28)/p-1. The quantitative estimate of drug-likeness (QED) is 0.556. The molecule has 8 heteroatoms. The number of hydrogen-bond acceptors (Lipinski definition) is 4. The first-order valence-electron chi connectivity index (χ1n) is 8.92. The van der Waals surface area contributed by atoms with Crippen molar-refractivity contribution in [2.24, 2.45) is 0 Å². The van der Waals surface area contributed by atoms with E-state index in [0.29, 0.717) is 29.2 Å². The second-order valence-electron chi connectivity index (χ2n) is 6.25. The SMILES string of the molecule is O=C(NCc1cccnc1)c1ccc(N(CCc2ccccc2Cl)S(=O)[O-])cc1. The highest BCUT2D eigenvalue weighted by atomic mass is 35.5. The molecule has 29 heavy (non-hydrogen) atoms. The number of benzene rings is 2. The van der Waals surface area contributed by atoms with Gasteiger partial charge in [0.25, 0.3) is 5.91 Å². The molecule has 6 nitrogen and oxygen atoms in total. The number of pyridine rings is 1. The van der Waals surface area contributed by atoms with E-state index in [2.05, 4.69) is 10.3 Å². The normalized spacial score (nSPS) is 11.7. The highest BCUT2D eigenvalue weighted by Crippen LogP contribution is 2.20. The fourth-order valence-corrected chi connectivity index (χ4v) is 3.54. The molecule has 0 fully saturated rings. The monoisotopic (exact) mass is 428 g/mol. The Bertz CT molecular complexity index is 984. The van der Waals surface area contributed by atoms with Crippen LogP contribution in [0.2, 0.25) is 5.02 Å². The summed E-state index contributed by atoms with van der Waals surface area (Å²) in [6.45, 7) is 0.607. The van der Waals surface area contributed by atoms with Crippen molar-refractivity contribution in [2.45, 2.75) is 13.0 Å². The molecule has 0 aliphatic rings. The van der Waals surface area contributed by atoms with E-state index >= 15 is 0 Å². The first-order chi connectivity index (χ1) is 14.0. The number of carbonyl (C=O) groups excluding carboxylic acids is 1. The summed E-state index contributed by atoms with van der Waals surface area (Å²) >= 11 is 3.69. The average Bonchev–Trinajstić information content (AvgIpc) is 2.74. The number of amides is 1. The molecular weight excluding hydrogens is 410 g/mol. The Morgan fingerprint density at radius 3 is 2.52 bits per heavy atom. The van der Waals surface area contributed by atoms with Crippen LogP contribution >= 0.6 is 11.6 Å². The van der Waals surface area contributed by atoms with Gasteiger partial charge in [0.1, 0.15) is 0 Å². The average molecular weight is 429 g/mol. The van der Waals surface area contributed by atoms with E-state index in [-0.39, 0.29) is 12.5 Å². The van der Waals surface area contributed by atoms with Crippen LogP contribution in [0.4, 0.5) is 5.69 Å². The number of anilines is 1. The van der Waals surface area contributed by atoms with Gasteiger partial charge in [0.15, 0.2) is 0 Å². The molecule has 150 valence electrons. The number of nitrogens with one attached hydrogen (secondary N) is 1. The Kier molecular flexibility index (Phi) is 7.35. The van der Waals surface area contributed by atoms with Crippen LogP contribution in [0.3, 0.4) is 0 Å². The fourth-order valence-electron chi connectivity index (χ4n) is 2.78. The van der Waals surface area contributed by atoms with Crippen molar-refractivity contribution in [3.05, 3.63) is 94.8 Å². The van der Waals surface area contributed by atoms with Crippen molar-refractivity contribution < 1.29 is 13.6 Å². The zero-order valence-electron chi connectivity index (χ0n) is 15.5. The fraction of sp³-hybridized carbons (Fsp3) is 0.143. The molecule has 3 rings (SSSR count). The zero-order chi connectivity index (χ0) is 20.6. The minimum absolute atomic E-state index is 0.242. The Morgan fingerprint density at radius 2 is 1.86 bits per heavy atom. The van der Waals surface area contributed by atoms with Crippen molar-refractivity contribution >= 4 is 34.5 Å². The van der Waals surface area contributed by atoms with Gasteiger partial charge in [-0.3, -0.25) is 14.0 Å². The molecule has 1 unspecified atom stereocenters. The van der Waals surface area contributed by atoms with Crippen molar-refractivity contribution in [1.82, 2.24) is 10.3 Å². The molecule has 0 aliphatic heterocycles. The maximum atomic E-state index is 12.3. The minimum atomic E-state index is -2.45. The molecule has 1 heterocycles. The molecule has 0 aliphatic carbocycles. The molecular formula is C21H19ClN3O3S-. The molecule has 0 bridgehead atoms. The molecule has 1 aromatic heterocycles. The van der Waals surface area contributed by atoms with E-state index < -0.39 is 11.3 Å². The van der Waals surface area contributed by atoms with Crippen LogP contribution in [0.25, 0.3) is 0 Å². The largest absolute Gasteiger partial charge is 0.755 e. The maximum Gasteiger partial charge on any atom is 0.251 e. The summed E-state index contributed by atoms with van der Waals surface area (Å²) in [6.07, 6.45) is 3.83. The summed E-state index contributed by atoms with van der Waals surface area (Å²) < 4.78 is 24.6. The van der Waals surface area contributed by atoms with Crippen molar-refractivity contribution in [1.29, 1.82) is 0 Å². The molecule has 0 saturated carbocycles. The van der Waals surface area contributed by atoms with E-state index in [4.69, 9.17) is 11.6 Å². The van der Waals surface area contributed by atoms with Gasteiger partial charge in [-0.1, -0.05) is 35.9 Å². The van der Waals surface area contributed by atoms with Crippen molar-refractivity contribution in [3.8, 4) is 0 Å². The van der Waals surface area contributed by atoms with Crippen LogP contribution in [0.1, 0.15) is 21.5 Å². The number of rotatable bonds is 8.